The molecule has 0 spiro atoms. The minimum atomic E-state index is -0.249. The number of rotatable bonds is 2. The molecule has 0 aliphatic carbocycles. The lowest BCUT2D eigenvalue weighted by Gasteiger charge is -2.24. The maximum atomic E-state index is 13.0. The molecule has 0 bridgehead atoms. The van der Waals surface area contributed by atoms with Crippen LogP contribution in [0.3, 0.4) is 0 Å². The van der Waals surface area contributed by atoms with Crippen LogP contribution in [0, 0.1) is 5.82 Å². The van der Waals surface area contributed by atoms with E-state index in [-0.39, 0.29) is 11.4 Å². The zero-order chi connectivity index (χ0) is 13.3. The van der Waals surface area contributed by atoms with Crippen molar-refractivity contribution >= 4 is 15.9 Å². The fourth-order valence-corrected chi connectivity index (χ4v) is 2.26. The molecule has 0 aliphatic heterocycles. The molecule has 2 rings (SSSR count). The molecule has 0 radical (unpaired) electrons. The third-order valence-electron chi connectivity index (χ3n) is 2.62. The number of alkyl halides is 1. The Balaban J connectivity index is 2.58. The fraction of sp³-hybridized carbons (Fsp3) is 0.385. The Bertz CT molecular complexity index is 540. The van der Waals surface area contributed by atoms with E-state index >= 15 is 0 Å². The lowest BCUT2D eigenvalue weighted by atomic mass is 10.1. The van der Waals surface area contributed by atoms with Crippen molar-refractivity contribution in [3.63, 3.8) is 0 Å². The van der Waals surface area contributed by atoms with Crippen LogP contribution in [0.4, 0.5) is 4.39 Å². The highest BCUT2D eigenvalue weighted by Crippen LogP contribution is 2.27. The Labute approximate surface area is 114 Å². The van der Waals surface area contributed by atoms with E-state index in [1.165, 1.54) is 12.1 Å². The molecule has 0 saturated heterocycles. The van der Waals surface area contributed by atoms with E-state index in [2.05, 4.69) is 51.5 Å². The van der Waals surface area contributed by atoms with Gasteiger partial charge in [0, 0.05) is 11.1 Å². The molecular formula is C13H15BrFN3. The maximum Gasteiger partial charge on any atom is 0.164 e. The van der Waals surface area contributed by atoms with Crippen molar-refractivity contribution in [2.24, 2.45) is 0 Å². The van der Waals surface area contributed by atoms with Gasteiger partial charge in [-0.05, 0) is 45.0 Å². The zero-order valence-corrected chi connectivity index (χ0v) is 12.2. The molecule has 18 heavy (non-hydrogen) atoms. The summed E-state index contributed by atoms with van der Waals surface area (Å²) in [6.45, 7) is 6.28. The first kappa shape index (κ1) is 13.2. The Morgan fingerprint density at radius 1 is 1.17 bits per heavy atom. The van der Waals surface area contributed by atoms with Crippen molar-refractivity contribution in [1.82, 2.24) is 14.8 Å². The van der Waals surface area contributed by atoms with Gasteiger partial charge in [-0.15, -0.1) is 10.2 Å². The summed E-state index contributed by atoms with van der Waals surface area (Å²) >= 11 is 3.41. The second-order valence-corrected chi connectivity index (χ2v) is 5.65. The number of hydrogen-bond donors (Lipinski definition) is 0. The summed E-state index contributed by atoms with van der Waals surface area (Å²) < 4.78 is 15.0. The molecule has 0 fully saturated rings. The molecule has 2 aromatic rings. The third kappa shape index (κ3) is 2.46. The van der Waals surface area contributed by atoms with Gasteiger partial charge in [-0.2, -0.15) is 0 Å². The predicted molar refractivity (Wildman–Crippen MR) is 73.0 cm³/mol. The number of benzene rings is 1. The molecule has 0 aliphatic rings. The SMILES string of the molecule is CC(C)(C)n1c(CBr)nnc1-c1ccc(F)cc1. The normalized spacial score (nSPS) is 11.8. The fourth-order valence-electron chi connectivity index (χ4n) is 1.89. The van der Waals surface area contributed by atoms with Crippen LogP contribution >= 0.6 is 15.9 Å². The van der Waals surface area contributed by atoms with Gasteiger partial charge in [-0.3, -0.25) is 0 Å². The zero-order valence-electron chi connectivity index (χ0n) is 10.6. The van der Waals surface area contributed by atoms with Gasteiger partial charge in [0.2, 0.25) is 0 Å². The van der Waals surface area contributed by atoms with Crippen molar-refractivity contribution in [2.45, 2.75) is 31.6 Å². The summed E-state index contributed by atoms with van der Waals surface area (Å²) in [5, 5.41) is 9.02. The lowest BCUT2D eigenvalue weighted by Crippen LogP contribution is -2.24. The van der Waals surface area contributed by atoms with E-state index in [0.29, 0.717) is 5.33 Å². The average Bonchev–Trinajstić information content (AvgIpc) is 2.73. The van der Waals surface area contributed by atoms with Crippen LogP contribution in [-0.4, -0.2) is 14.8 Å². The highest BCUT2D eigenvalue weighted by Gasteiger charge is 2.23. The smallest absolute Gasteiger partial charge is 0.164 e. The Hall–Kier alpha value is -1.23. The molecule has 0 amide bonds. The van der Waals surface area contributed by atoms with Crippen LogP contribution < -0.4 is 0 Å². The van der Waals surface area contributed by atoms with Crippen molar-refractivity contribution in [3.8, 4) is 11.4 Å². The number of halogens is 2. The minimum absolute atomic E-state index is 0.129. The van der Waals surface area contributed by atoms with Gasteiger partial charge in [-0.1, -0.05) is 15.9 Å². The highest BCUT2D eigenvalue weighted by molar-refractivity contribution is 9.08. The second-order valence-electron chi connectivity index (χ2n) is 5.09. The summed E-state index contributed by atoms with van der Waals surface area (Å²) in [5.41, 5.74) is 0.738. The van der Waals surface area contributed by atoms with Crippen LogP contribution in [-0.2, 0) is 10.9 Å². The topological polar surface area (TPSA) is 30.7 Å². The van der Waals surface area contributed by atoms with E-state index in [1.807, 2.05) is 0 Å². The van der Waals surface area contributed by atoms with Crippen molar-refractivity contribution in [2.75, 3.05) is 0 Å². The largest absolute Gasteiger partial charge is 0.305 e. The molecule has 3 nitrogen and oxygen atoms in total. The van der Waals surface area contributed by atoms with Crippen LogP contribution in [0.15, 0.2) is 24.3 Å². The van der Waals surface area contributed by atoms with Gasteiger partial charge in [0.05, 0.1) is 5.33 Å². The van der Waals surface area contributed by atoms with Crippen LogP contribution in [0.5, 0.6) is 0 Å². The second kappa shape index (κ2) is 4.80. The third-order valence-corrected chi connectivity index (χ3v) is 3.12. The Morgan fingerprint density at radius 3 is 2.28 bits per heavy atom. The molecule has 0 unspecified atom stereocenters. The van der Waals surface area contributed by atoms with E-state index < -0.39 is 0 Å². The van der Waals surface area contributed by atoms with Crippen molar-refractivity contribution in [3.05, 3.63) is 35.9 Å². The first-order valence-corrected chi connectivity index (χ1v) is 6.82. The summed E-state index contributed by atoms with van der Waals surface area (Å²) in [6, 6.07) is 6.31. The standard InChI is InChI=1S/C13H15BrFN3/c1-13(2,3)18-11(8-14)16-17-12(18)9-4-6-10(15)7-5-9/h4-7H,8H2,1-3H3. The summed E-state index contributed by atoms with van der Waals surface area (Å²) in [6.07, 6.45) is 0. The number of nitrogens with zero attached hydrogens (tertiary/aromatic N) is 3. The van der Waals surface area contributed by atoms with E-state index in [4.69, 9.17) is 0 Å². The predicted octanol–water partition coefficient (Wildman–Crippen LogP) is 3.73. The number of hydrogen-bond acceptors (Lipinski definition) is 2. The monoisotopic (exact) mass is 311 g/mol. The minimum Gasteiger partial charge on any atom is -0.305 e. The molecule has 0 N–H and O–H groups in total. The summed E-state index contributed by atoms with van der Waals surface area (Å²) in [4.78, 5) is 0. The van der Waals surface area contributed by atoms with Crippen LogP contribution in [0.1, 0.15) is 26.6 Å². The molecule has 5 heteroatoms. The number of aromatic nitrogens is 3. The molecule has 1 aromatic carbocycles. The molecular weight excluding hydrogens is 297 g/mol. The average molecular weight is 312 g/mol. The quantitative estimate of drug-likeness (QED) is 0.791. The first-order chi connectivity index (χ1) is 8.43. The Kier molecular flexibility index (Phi) is 3.52. The van der Waals surface area contributed by atoms with E-state index in [1.54, 1.807) is 12.1 Å². The molecule has 0 atom stereocenters. The molecule has 96 valence electrons. The highest BCUT2D eigenvalue weighted by atomic mass is 79.9. The van der Waals surface area contributed by atoms with Gasteiger partial charge < -0.3 is 4.57 Å². The summed E-state index contributed by atoms with van der Waals surface area (Å²) in [7, 11) is 0. The van der Waals surface area contributed by atoms with E-state index in [9.17, 15) is 4.39 Å². The van der Waals surface area contributed by atoms with Gasteiger partial charge in [0.1, 0.15) is 11.6 Å². The first-order valence-electron chi connectivity index (χ1n) is 5.70. The van der Waals surface area contributed by atoms with E-state index in [0.717, 1.165) is 17.2 Å². The van der Waals surface area contributed by atoms with Gasteiger partial charge in [-0.25, -0.2) is 4.39 Å². The van der Waals surface area contributed by atoms with Crippen LogP contribution in [0.25, 0.3) is 11.4 Å². The van der Waals surface area contributed by atoms with Crippen LogP contribution in [0.2, 0.25) is 0 Å². The van der Waals surface area contributed by atoms with Gasteiger partial charge >= 0.3 is 0 Å². The molecule has 0 saturated carbocycles. The van der Waals surface area contributed by atoms with Crippen molar-refractivity contribution < 1.29 is 4.39 Å². The molecule has 1 heterocycles. The lowest BCUT2D eigenvalue weighted by molar-refractivity contribution is 0.391. The van der Waals surface area contributed by atoms with Crippen molar-refractivity contribution in [1.29, 1.82) is 0 Å². The van der Waals surface area contributed by atoms with Gasteiger partial charge in [0.25, 0.3) is 0 Å². The molecule has 1 aromatic heterocycles. The van der Waals surface area contributed by atoms with Gasteiger partial charge in [0.15, 0.2) is 5.82 Å². The Morgan fingerprint density at radius 2 is 1.78 bits per heavy atom. The maximum absolute atomic E-state index is 13.0. The summed E-state index contributed by atoms with van der Waals surface area (Å²) in [5.74, 6) is 1.38.